The summed E-state index contributed by atoms with van der Waals surface area (Å²) in [4.78, 5) is 19.5. The number of aryl methyl sites for hydroxylation is 1. The predicted octanol–water partition coefficient (Wildman–Crippen LogP) is 4.99. The smallest absolute Gasteiger partial charge is 0.285 e. The van der Waals surface area contributed by atoms with Crippen LogP contribution in [0.25, 0.3) is 10.6 Å². The summed E-state index contributed by atoms with van der Waals surface area (Å²) < 4.78 is 28.2. The molecule has 0 unspecified atom stereocenters. The summed E-state index contributed by atoms with van der Waals surface area (Å²) in [5.41, 5.74) is 2.45. The first kappa shape index (κ1) is 20.6. The van der Waals surface area contributed by atoms with Gasteiger partial charge < -0.3 is 5.32 Å². The molecule has 1 aliphatic heterocycles. The monoisotopic (exact) mass is 480 g/mol. The molecule has 10 heteroatoms. The van der Waals surface area contributed by atoms with Crippen molar-refractivity contribution >= 4 is 55.3 Å². The van der Waals surface area contributed by atoms with Crippen LogP contribution in [0.2, 0.25) is 0 Å². The van der Waals surface area contributed by atoms with E-state index in [1.54, 1.807) is 53.8 Å². The molecule has 2 aromatic heterocycles. The minimum atomic E-state index is -3.69. The second-order valence-corrected chi connectivity index (χ2v) is 10.7. The lowest BCUT2D eigenvalue weighted by Crippen LogP contribution is -2.13. The van der Waals surface area contributed by atoms with Gasteiger partial charge in [-0.25, -0.2) is 4.98 Å². The number of fused-ring (bicyclic) bond motifs is 1. The van der Waals surface area contributed by atoms with Crippen LogP contribution >= 0.6 is 22.7 Å². The van der Waals surface area contributed by atoms with E-state index in [1.165, 1.54) is 22.3 Å². The average molecular weight is 481 g/mol. The Morgan fingerprint density at radius 2 is 1.78 bits per heavy atom. The number of carbonyl (C=O) groups is 1. The van der Waals surface area contributed by atoms with Crippen LogP contribution in [0.3, 0.4) is 0 Å². The molecule has 7 nitrogen and oxygen atoms in total. The summed E-state index contributed by atoms with van der Waals surface area (Å²) in [6.07, 6.45) is 0. The summed E-state index contributed by atoms with van der Waals surface area (Å²) in [5.74, 6) is -0.0112. The van der Waals surface area contributed by atoms with Gasteiger partial charge in [0.15, 0.2) is 11.0 Å². The van der Waals surface area contributed by atoms with Crippen LogP contribution in [0.5, 0.6) is 0 Å². The maximum absolute atomic E-state index is 12.6. The van der Waals surface area contributed by atoms with Gasteiger partial charge in [0, 0.05) is 27.1 Å². The lowest BCUT2D eigenvalue weighted by Gasteiger charge is -2.07. The number of nitrogens with one attached hydrogen (secondary N) is 2. The van der Waals surface area contributed by atoms with Crippen molar-refractivity contribution in [1.82, 2.24) is 4.98 Å². The van der Waals surface area contributed by atoms with Crippen molar-refractivity contribution in [3.8, 4) is 10.6 Å². The van der Waals surface area contributed by atoms with Crippen LogP contribution in [-0.2, 0) is 10.0 Å². The highest BCUT2D eigenvalue weighted by atomic mass is 32.2. The molecule has 0 saturated heterocycles. The van der Waals surface area contributed by atoms with Crippen molar-refractivity contribution in [3.63, 3.8) is 0 Å². The highest BCUT2D eigenvalue weighted by molar-refractivity contribution is 7.90. The molecular formula is C22H16N4O3S3. The number of aromatic nitrogens is 1. The number of anilines is 2. The largest absolute Gasteiger partial charge is 0.339 e. The third-order valence-electron chi connectivity index (χ3n) is 4.76. The van der Waals surface area contributed by atoms with Gasteiger partial charge in [-0.2, -0.15) is 8.42 Å². The summed E-state index contributed by atoms with van der Waals surface area (Å²) in [6.45, 7) is 2.04. The van der Waals surface area contributed by atoms with E-state index in [-0.39, 0.29) is 16.6 Å². The molecule has 160 valence electrons. The molecule has 0 aliphatic carbocycles. The number of nitrogens with zero attached hydrogens (tertiary/aromatic N) is 2. The molecule has 2 N–H and O–H groups in total. The van der Waals surface area contributed by atoms with E-state index in [0.29, 0.717) is 21.9 Å². The maximum Gasteiger partial charge on any atom is 0.285 e. The van der Waals surface area contributed by atoms with Gasteiger partial charge in [0.25, 0.3) is 15.9 Å². The Hall–Kier alpha value is -3.34. The van der Waals surface area contributed by atoms with E-state index in [9.17, 15) is 13.2 Å². The summed E-state index contributed by atoms with van der Waals surface area (Å²) in [7, 11) is -3.69. The number of benzene rings is 2. The van der Waals surface area contributed by atoms with Crippen LogP contribution in [0.1, 0.15) is 20.8 Å². The first-order valence-electron chi connectivity index (χ1n) is 9.54. The SMILES string of the molecule is Cc1ccc(-c2csc(NC(=O)c3ccc(NC4=NS(=O)(=O)c5ccccc54)cc3)n2)s1. The molecule has 4 aromatic rings. The van der Waals surface area contributed by atoms with Gasteiger partial charge in [-0.1, -0.05) is 12.1 Å². The molecule has 0 radical (unpaired) electrons. The van der Waals surface area contributed by atoms with Crippen LogP contribution in [0.4, 0.5) is 10.8 Å². The van der Waals surface area contributed by atoms with Crippen molar-refractivity contribution in [1.29, 1.82) is 0 Å². The lowest BCUT2D eigenvalue weighted by atomic mass is 10.1. The second-order valence-electron chi connectivity index (χ2n) is 7.02. The Bertz CT molecular complexity index is 1470. The van der Waals surface area contributed by atoms with E-state index in [0.717, 1.165) is 10.6 Å². The molecule has 2 aromatic carbocycles. The van der Waals surface area contributed by atoms with Crippen LogP contribution < -0.4 is 10.6 Å². The predicted molar refractivity (Wildman–Crippen MR) is 128 cm³/mol. The highest BCUT2D eigenvalue weighted by Gasteiger charge is 2.28. The Balaban J connectivity index is 1.28. The molecule has 0 saturated carbocycles. The maximum atomic E-state index is 12.6. The fourth-order valence-electron chi connectivity index (χ4n) is 3.22. The molecular weight excluding hydrogens is 464 g/mol. The van der Waals surface area contributed by atoms with Crippen molar-refractivity contribution in [3.05, 3.63) is 82.0 Å². The fourth-order valence-corrected chi connectivity index (χ4v) is 6.01. The average Bonchev–Trinajstić information content (AvgIpc) is 3.47. The van der Waals surface area contributed by atoms with Crippen LogP contribution in [0.15, 0.2) is 75.3 Å². The van der Waals surface area contributed by atoms with Gasteiger partial charge in [-0.05, 0) is 55.5 Å². The first-order chi connectivity index (χ1) is 15.4. The minimum absolute atomic E-state index is 0.180. The molecule has 1 aliphatic rings. The molecule has 1 amide bonds. The Morgan fingerprint density at radius 3 is 2.53 bits per heavy atom. The zero-order chi connectivity index (χ0) is 22.3. The number of amides is 1. The molecule has 0 bridgehead atoms. The second kappa shape index (κ2) is 7.97. The van der Waals surface area contributed by atoms with Gasteiger partial charge >= 0.3 is 0 Å². The molecule has 0 spiro atoms. The number of amidine groups is 1. The van der Waals surface area contributed by atoms with Gasteiger partial charge in [0.1, 0.15) is 4.90 Å². The van der Waals surface area contributed by atoms with Gasteiger partial charge in [-0.3, -0.25) is 10.1 Å². The van der Waals surface area contributed by atoms with E-state index in [4.69, 9.17) is 0 Å². The highest BCUT2D eigenvalue weighted by Crippen LogP contribution is 2.31. The van der Waals surface area contributed by atoms with E-state index in [2.05, 4.69) is 20.0 Å². The number of hydrogen-bond acceptors (Lipinski definition) is 7. The summed E-state index contributed by atoms with van der Waals surface area (Å²) in [5, 5.41) is 8.29. The van der Waals surface area contributed by atoms with Crippen molar-refractivity contribution in [2.45, 2.75) is 11.8 Å². The summed E-state index contributed by atoms with van der Waals surface area (Å²) in [6, 6.07) is 17.4. The van der Waals surface area contributed by atoms with Gasteiger partial charge in [-0.15, -0.1) is 27.1 Å². The van der Waals surface area contributed by atoms with Crippen LogP contribution in [0, 0.1) is 6.92 Å². The van der Waals surface area contributed by atoms with Crippen molar-refractivity contribution in [2.75, 3.05) is 10.6 Å². The Labute approximate surface area is 192 Å². The first-order valence-corrected chi connectivity index (χ1v) is 12.7. The number of rotatable bonds is 4. The van der Waals surface area contributed by atoms with Gasteiger partial charge in [0.2, 0.25) is 0 Å². The van der Waals surface area contributed by atoms with Crippen molar-refractivity contribution in [2.24, 2.45) is 4.40 Å². The van der Waals surface area contributed by atoms with E-state index in [1.807, 2.05) is 24.4 Å². The zero-order valence-electron chi connectivity index (χ0n) is 16.7. The minimum Gasteiger partial charge on any atom is -0.339 e. The molecule has 5 rings (SSSR count). The van der Waals surface area contributed by atoms with Gasteiger partial charge in [0.05, 0.1) is 10.6 Å². The lowest BCUT2D eigenvalue weighted by molar-refractivity contribution is 0.102. The fraction of sp³-hybridized carbons (Fsp3) is 0.0455. The van der Waals surface area contributed by atoms with Crippen molar-refractivity contribution < 1.29 is 13.2 Å². The quantitative estimate of drug-likeness (QED) is 0.428. The molecule has 32 heavy (non-hydrogen) atoms. The number of thiophene rings is 1. The summed E-state index contributed by atoms with van der Waals surface area (Å²) >= 11 is 3.03. The third-order valence-corrected chi connectivity index (χ3v) is 7.87. The standard InChI is InChI=1S/C22H16N4O3S3/c1-13-6-11-18(31-13)17-12-30-22(24-17)25-21(27)14-7-9-15(10-8-14)23-20-16-4-2-3-5-19(16)32(28,29)26-20/h2-12H,1H3,(H,23,26)(H,24,25,27). The topological polar surface area (TPSA) is 101 Å². The van der Waals surface area contributed by atoms with E-state index < -0.39 is 10.0 Å². The number of thiazole rings is 1. The normalized spacial score (nSPS) is 14.0. The van der Waals surface area contributed by atoms with Crippen LogP contribution in [-0.4, -0.2) is 25.1 Å². The molecule has 0 fully saturated rings. The number of carbonyl (C=O) groups excluding carboxylic acids is 1. The zero-order valence-corrected chi connectivity index (χ0v) is 19.1. The Morgan fingerprint density at radius 1 is 1.00 bits per heavy atom. The van der Waals surface area contributed by atoms with E-state index >= 15 is 0 Å². The third kappa shape index (κ3) is 3.95. The molecule has 0 atom stereocenters. The molecule has 3 heterocycles. The Kier molecular flexibility index (Phi) is 5.12. The number of hydrogen-bond donors (Lipinski definition) is 2. The number of sulfonamides is 1.